The smallest absolute Gasteiger partial charge is 0.349 e. The summed E-state index contributed by atoms with van der Waals surface area (Å²) in [7, 11) is 0. The number of aryl methyl sites for hydroxylation is 2. The third kappa shape index (κ3) is 3.63. The molecule has 2 heterocycles. The molecule has 3 aromatic rings. The standard InChI is InChI=1S/C22H21N3O5/c1-14-3-4-17(11-15(14)2)23-7-9-24(10-8-23)21(26)19-13-16-12-18(25(28)29)5-6-20(16)30-22(19)27/h3-6,11-13H,7-10H2,1-2H3. The van der Waals surface area contributed by atoms with Gasteiger partial charge in [-0.2, -0.15) is 0 Å². The number of hydrogen-bond donors (Lipinski definition) is 0. The van der Waals surface area contributed by atoms with Gasteiger partial charge in [0, 0.05) is 49.4 Å². The molecule has 8 heteroatoms. The Morgan fingerprint density at radius 3 is 2.40 bits per heavy atom. The largest absolute Gasteiger partial charge is 0.422 e. The van der Waals surface area contributed by atoms with Crippen LogP contribution in [0.25, 0.3) is 11.0 Å². The highest BCUT2D eigenvalue weighted by atomic mass is 16.6. The maximum absolute atomic E-state index is 12.9. The minimum Gasteiger partial charge on any atom is -0.422 e. The molecule has 1 amide bonds. The fourth-order valence-electron chi connectivity index (χ4n) is 3.63. The Bertz CT molecular complexity index is 1210. The summed E-state index contributed by atoms with van der Waals surface area (Å²) in [6, 6.07) is 11.6. The fraction of sp³-hybridized carbons (Fsp3) is 0.273. The van der Waals surface area contributed by atoms with E-state index >= 15 is 0 Å². The number of rotatable bonds is 3. The first-order chi connectivity index (χ1) is 14.3. The summed E-state index contributed by atoms with van der Waals surface area (Å²) in [5, 5.41) is 11.3. The first kappa shape index (κ1) is 19.6. The molecule has 4 rings (SSSR count). The number of nitro groups is 1. The lowest BCUT2D eigenvalue weighted by molar-refractivity contribution is -0.384. The SMILES string of the molecule is Cc1ccc(N2CCN(C(=O)c3cc4cc([N+](=O)[O-])ccc4oc3=O)CC2)cc1C. The summed E-state index contributed by atoms with van der Waals surface area (Å²) in [5.74, 6) is -0.420. The normalized spacial score (nSPS) is 14.2. The van der Waals surface area contributed by atoms with E-state index in [1.807, 2.05) is 0 Å². The van der Waals surface area contributed by atoms with Crippen molar-refractivity contribution in [2.75, 3.05) is 31.1 Å². The Hall–Kier alpha value is -3.68. The van der Waals surface area contributed by atoms with Crippen LogP contribution in [0.5, 0.6) is 0 Å². The van der Waals surface area contributed by atoms with Crippen LogP contribution < -0.4 is 10.5 Å². The number of hydrogen-bond acceptors (Lipinski definition) is 6. The van der Waals surface area contributed by atoms with Crippen LogP contribution in [-0.4, -0.2) is 41.9 Å². The van der Waals surface area contributed by atoms with Gasteiger partial charge in [0.2, 0.25) is 0 Å². The number of amides is 1. The number of non-ortho nitro benzene ring substituents is 1. The Balaban J connectivity index is 1.54. The molecule has 1 aromatic heterocycles. The molecule has 0 radical (unpaired) electrons. The zero-order valence-corrected chi connectivity index (χ0v) is 16.8. The summed E-state index contributed by atoms with van der Waals surface area (Å²) in [4.78, 5) is 39.6. The highest BCUT2D eigenvalue weighted by Gasteiger charge is 2.25. The molecule has 0 N–H and O–H groups in total. The van der Waals surface area contributed by atoms with Gasteiger partial charge in [-0.1, -0.05) is 6.07 Å². The van der Waals surface area contributed by atoms with Crippen molar-refractivity contribution in [1.29, 1.82) is 0 Å². The van der Waals surface area contributed by atoms with E-state index in [4.69, 9.17) is 4.42 Å². The number of nitrogens with zero attached hydrogens (tertiary/aromatic N) is 3. The van der Waals surface area contributed by atoms with Crippen LogP contribution >= 0.6 is 0 Å². The second kappa shape index (κ2) is 7.62. The summed E-state index contributed by atoms with van der Waals surface area (Å²) in [6.07, 6.45) is 0. The predicted octanol–water partition coefficient (Wildman–Crippen LogP) is 3.28. The Labute approximate surface area is 172 Å². The zero-order valence-electron chi connectivity index (χ0n) is 16.8. The molecule has 0 unspecified atom stereocenters. The van der Waals surface area contributed by atoms with Gasteiger partial charge in [0.05, 0.1) is 4.92 Å². The van der Waals surface area contributed by atoms with Gasteiger partial charge in [0.1, 0.15) is 11.1 Å². The lowest BCUT2D eigenvalue weighted by Crippen LogP contribution is -2.49. The Morgan fingerprint density at radius 2 is 1.73 bits per heavy atom. The Morgan fingerprint density at radius 1 is 1.00 bits per heavy atom. The molecule has 0 bridgehead atoms. The van der Waals surface area contributed by atoms with Crippen LogP contribution in [0.2, 0.25) is 0 Å². The van der Waals surface area contributed by atoms with Gasteiger partial charge >= 0.3 is 5.63 Å². The molecule has 0 spiro atoms. The maximum atomic E-state index is 12.9. The van der Waals surface area contributed by atoms with Crippen molar-refractivity contribution >= 4 is 28.3 Å². The molecule has 0 saturated carbocycles. The molecule has 1 fully saturated rings. The van der Waals surface area contributed by atoms with Crippen molar-refractivity contribution in [2.45, 2.75) is 13.8 Å². The second-order valence-electron chi connectivity index (χ2n) is 7.47. The minimum atomic E-state index is -0.738. The third-order valence-corrected chi connectivity index (χ3v) is 5.58. The second-order valence-corrected chi connectivity index (χ2v) is 7.47. The van der Waals surface area contributed by atoms with E-state index in [1.54, 1.807) is 4.90 Å². The van der Waals surface area contributed by atoms with Gasteiger partial charge in [0.25, 0.3) is 11.6 Å². The number of fused-ring (bicyclic) bond motifs is 1. The van der Waals surface area contributed by atoms with Gasteiger partial charge < -0.3 is 14.2 Å². The van der Waals surface area contributed by atoms with E-state index in [0.29, 0.717) is 31.6 Å². The number of piperazine rings is 1. The van der Waals surface area contributed by atoms with E-state index < -0.39 is 16.5 Å². The van der Waals surface area contributed by atoms with Gasteiger partial charge in [-0.15, -0.1) is 0 Å². The monoisotopic (exact) mass is 407 g/mol. The Kier molecular flexibility index (Phi) is 4.99. The highest BCUT2D eigenvalue weighted by molar-refractivity contribution is 5.97. The van der Waals surface area contributed by atoms with Gasteiger partial charge in [0.15, 0.2) is 0 Å². The maximum Gasteiger partial charge on any atom is 0.349 e. The van der Waals surface area contributed by atoms with Crippen LogP contribution in [0.4, 0.5) is 11.4 Å². The van der Waals surface area contributed by atoms with Gasteiger partial charge in [-0.05, 0) is 49.2 Å². The van der Waals surface area contributed by atoms with Crippen molar-refractivity contribution < 1.29 is 14.1 Å². The number of anilines is 1. The van der Waals surface area contributed by atoms with E-state index in [-0.39, 0.29) is 16.8 Å². The molecule has 1 aliphatic rings. The minimum absolute atomic E-state index is 0.109. The van der Waals surface area contributed by atoms with Crippen molar-refractivity contribution in [1.82, 2.24) is 4.90 Å². The van der Waals surface area contributed by atoms with Crippen LogP contribution in [0.15, 0.2) is 51.7 Å². The molecule has 154 valence electrons. The first-order valence-corrected chi connectivity index (χ1v) is 9.67. The summed E-state index contributed by atoms with van der Waals surface area (Å²) >= 11 is 0. The van der Waals surface area contributed by atoms with Crippen LogP contribution in [0.1, 0.15) is 21.5 Å². The molecule has 1 saturated heterocycles. The number of carbonyl (C=O) groups excluding carboxylic acids is 1. The lowest BCUT2D eigenvalue weighted by Gasteiger charge is -2.36. The number of benzene rings is 2. The molecular formula is C22H21N3O5. The average molecular weight is 407 g/mol. The van der Waals surface area contributed by atoms with Crippen LogP contribution in [0, 0.1) is 24.0 Å². The van der Waals surface area contributed by atoms with E-state index in [9.17, 15) is 19.7 Å². The topological polar surface area (TPSA) is 96.9 Å². The van der Waals surface area contributed by atoms with Gasteiger partial charge in [-0.25, -0.2) is 4.79 Å². The molecule has 0 aliphatic carbocycles. The highest BCUT2D eigenvalue weighted by Crippen LogP contribution is 2.23. The summed E-state index contributed by atoms with van der Waals surface area (Å²) in [6.45, 7) is 6.38. The fourth-order valence-corrected chi connectivity index (χ4v) is 3.63. The zero-order chi connectivity index (χ0) is 21.4. The van der Waals surface area contributed by atoms with Crippen molar-refractivity contribution in [2.24, 2.45) is 0 Å². The van der Waals surface area contributed by atoms with Crippen LogP contribution in [0.3, 0.4) is 0 Å². The lowest BCUT2D eigenvalue weighted by atomic mass is 10.1. The molecule has 8 nitrogen and oxygen atoms in total. The van der Waals surface area contributed by atoms with E-state index in [2.05, 4.69) is 36.9 Å². The van der Waals surface area contributed by atoms with Crippen molar-refractivity contribution in [3.05, 3.63) is 79.7 Å². The first-order valence-electron chi connectivity index (χ1n) is 9.67. The van der Waals surface area contributed by atoms with E-state index in [0.717, 1.165) is 5.69 Å². The predicted molar refractivity (Wildman–Crippen MR) is 113 cm³/mol. The molecule has 30 heavy (non-hydrogen) atoms. The molecule has 2 aromatic carbocycles. The quantitative estimate of drug-likeness (QED) is 0.376. The molecular weight excluding hydrogens is 386 g/mol. The van der Waals surface area contributed by atoms with E-state index in [1.165, 1.54) is 35.4 Å². The molecule has 0 atom stereocenters. The molecule has 1 aliphatic heterocycles. The number of nitro benzene ring substituents is 1. The van der Waals surface area contributed by atoms with Crippen LogP contribution in [-0.2, 0) is 0 Å². The van der Waals surface area contributed by atoms with Gasteiger partial charge in [-0.3, -0.25) is 14.9 Å². The summed E-state index contributed by atoms with van der Waals surface area (Å²) < 4.78 is 5.22. The summed E-state index contributed by atoms with van der Waals surface area (Å²) in [5.41, 5.74) is 2.80. The number of carbonyl (C=O) groups is 1. The van der Waals surface area contributed by atoms with Crippen molar-refractivity contribution in [3.63, 3.8) is 0 Å². The van der Waals surface area contributed by atoms with Crippen molar-refractivity contribution in [3.8, 4) is 0 Å². The average Bonchev–Trinajstić information content (AvgIpc) is 2.74. The third-order valence-electron chi connectivity index (χ3n) is 5.58.